The van der Waals surface area contributed by atoms with Crippen LogP contribution in [0.4, 0.5) is 5.69 Å². The normalized spacial score (nSPS) is 16.7. The van der Waals surface area contributed by atoms with Gasteiger partial charge in [0.1, 0.15) is 10.6 Å². The number of likely N-dealkylation sites (tertiary alicyclic amines) is 1. The molecule has 10 heteroatoms. The fourth-order valence-electron chi connectivity index (χ4n) is 4.17. The van der Waals surface area contributed by atoms with Crippen molar-refractivity contribution >= 4 is 41.0 Å². The summed E-state index contributed by atoms with van der Waals surface area (Å²) in [6, 6.07) is 9.41. The Kier molecular flexibility index (Phi) is 6.07. The summed E-state index contributed by atoms with van der Waals surface area (Å²) in [5.74, 6) is -0.864. The average molecular weight is 470 g/mol. The number of aromatic nitrogens is 1. The van der Waals surface area contributed by atoms with Gasteiger partial charge in [0.15, 0.2) is 6.61 Å². The molecule has 0 unspecified atom stereocenters. The number of rotatable bonds is 5. The largest absolute Gasteiger partial charge is 0.455 e. The third kappa shape index (κ3) is 4.16. The van der Waals surface area contributed by atoms with Crippen molar-refractivity contribution in [2.75, 3.05) is 32.1 Å². The molecule has 172 valence electrons. The highest BCUT2D eigenvalue weighted by molar-refractivity contribution is 6.30. The number of halogens is 1. The molecule has 0 aliphatic carbocycles. The Balaban J connectivity index is 1.71. The van der Waals surface area contributed by atoms with Gasteiger partial charge in [-0.3, -0.25) is 14.4 Å². The molecule has 2 aliphatic rings. The molecule has 0 bridgehead atoms. The van der Waals surface area contributed by atoms with Crippen LogP contribution in [-0.2, 0) is 19.7 Å². The number of hydrogen-bond acceptors (Lipinski definition) is 6. The highest BCUT2D eigenvalue weighted by atomic mass is 35.5. The Morgan fingerprint density at radius 1 is 1.24 bits per heavy atom. The molecule has 2 aromatic rings. The number of benzene rings is 1. The third-order valence-electron chi connectivity index (χ3n) is 5.86. The van der Waals surface area contributed by atoms with E-state index in [2.05, 4.69) is 34.5 Å². The van der Waals surface area contributed by atoms with Crippen molar-refractivity contribution in [2.45, 2.75) is 25.2 Å². The predicted molar refractivity (Wildman–Crippen MR) is 123 cm³/mol. The molecule has 3 amide bonds. The van der Waals surface area contributed by atoms with Gasteiger partial charge in [-0.05, 0) is 23.1 Å². The van der Waals surface area contributed by atoms with Gasteiger partial charge in [0.2, 0.25) is 5.91 Å². The first-order valence-corrected chi connectivity index (χ1v) is 10.9. The summed E-state index contributed by atoms with van der Waals surface area (Å²) in [6.07, 6.45) is 1.37. The molecular weight excluding hydrogens is 446 g/mol. The van der Waals surface area contributed by atoms with Crippen LogP contribution in [0.1, 0.15) is 41.3 Å². The van der Waals surface area contributed by atoms with E-state index in [0.29, 0.717) is 0 Å². The highest BCUT2D eigenvalue weighted by Gasteiger charge is 2.54. The van der Waals surface area contributed by atoms with Crippen molar-refractivity contribution in [3.8, 4) is 0 Å². The fraction of sp³-hybridized carbons (Fsp3) is 0.348. The number of carbonyl (C=O) groups excluding carboxylic acids is 3. The summed E-state index contributed by atoms with van der Waals surface area (Å²) in [7, 11) is 1.50. The van der Waals surface area contributed by atoms with Gasteiger partial charge in [-0.2, -0.15) is 4.99 Å². The van der Waals surface area contributed by atoms with Gasteiger partial charge < -0.3 is 20.3 Å². The molecule has 3 heterocycles. The summed E-state index contributed by atoms with van der Waals surface area (Å²) in [5, 5.41) is 5.57. The van der Waals surface area contributed by atoms with Crippen LogP contribution in [0.3, 0.4) is 0 Å². The van der Waals surface area contributed by atoms with Gasteiger partial charge in [-0.15, -0.1) is 0 Å². The topological polar surface area (TPSA) is 113 Å². The first-order valence-electron chi connectivity index (χ1n) is 10.5. The third-order valence-corrected chi connectivity index (χ3v) is 6.07. The molecule has 2 N–H and O–H groups in total. The van der Waals surface area contributed by atoms with E-state index in [9.17, 15) is 14.4 Å². The van der Waals surface area contributed by atoms with Crippen LogP contribution in [0.15, 0.2) is 41.5 Å². The first kappa shape index (κ1) is 22.7. The van der Waals surface area contributed by atoms with Gasteiger partial charge in [0, 0.05) is 20.1 Å². The maximum Gasteiger partial charge on any atom is 0.295 e. The molecule has 1 aromatic carbocycles. The lowest BCUT2D eigenvalue weighted by atomic mass is 9.70. The monoisotopic (exact) mass is 469 g/mol. The second-order valence-electron chi connectivity index (χ2n) is 8.34. The van der Waals surface area contributed by atoms with Crippen LogP contribution in [0, 0.1) is 0 Å². The van der Waals surface area contributed by atoms with Crippen LogP contribution in [0.2, 0.25) is 5.15 Å². The van der Waals surface area contributed by atoms with Crippen LogP contribution < -0.4 is 10.6 Å². The minimum absolute atomic E-state index is 0.0977. The minimum atomic E-state index is -0.946. The van der Waals surface area contributed by atoms with E-state index in [1.165, 1.54) is 19.3 Å². The summed E-state index contributed by atoms with van der Waals surface area (Å²) in [5.41, 5.74) is 1.44. The molecule has 1 fully saturated rings. The molecule has 4 rings (SSSR count). The molecule has 2 aliphatic heterocycles. The standard InChI is InChI=1S/C23H24ClN5O4/c1-13(2)14-6-4-5-7-16(14)23(11-29(12-23)22-28-19(30)10-33-22)21(32)27-17-9-26-18(24)8-15(17)20(31)25-3/h4-9,13H,10-12H2,1-3H3,(H,25,31)(H,27,32). The smallest absolute Gasteiger partial charge is 0.295 e. The summed E-state index contributed by atoms with van der Waals surface area (Å²) in [4.78, 5) is 47.4. The van der Waals surface area contributed by atoms with E-state index in [1.54, 1.807) is 4.90 Å². The van der Waals surface area contributed by atoms with Crippen molar-refractivity contribution in [1.29, 1.82) is 0 Å². The van der Waals surface area contributed by atoms with Crippen molar-refractivity contribution in [2.24, 2.45) is 4.99 Å². The number of ether oxygens (including phenoxy) is 1. The van der Waals surface area contributed by atoms with Crippen LogP contribution in [0.25, 0.3) is 0 Å². The van der Waals surface area contributed by atoms with Crippen molar-refractivity contribution in [3.05, 3.63) is 58.4 Å². The fourth-order valence-corrected chi connectivity index (χ4v) is 4.32. The number of nitrogens with one attached hydrogen (secondary N) is 2. The second kappa shape index (κ2) is 8.82. The van der Waals surface area contributed by atoms with E-state index < -0.39 is 11.3 Å². The Bertz CT molecular complexity index is 1160. The van der Waals surface area contributed by atoms with Crippen molar-refractivity contribution in [1.82, 2.24) is 15.2 Å². The quantitative estimate of drug-likeness (QED) is 0.650. The van der Waals surface area contributed by atoms with Crippen LogP contribution in [-0.4, -0.2) is 60.4 Å². The molecule has 1 aromatic heterocycles. The Labute approximate surface area is 196 Å². The Morgan fingerprint density at radius 3 is 2.61 bits per heavy atom. The number of nitrogens with zero attached hydrogens (tertiary/aromatic N) is 3. The number of aliphatic imine (C=N–C) groups is 1. The van der Waals surface area contributed by atoms with E-state index in [1.807, 2.05) is 24.3 Å². The van der Waals surface area contributed by atoms with E-state index in [0.717, 1.165) is 11.1 Å². The Hall–Kier alpha value is -3.46. The molecule has 33 heavy (non-hydrogen) atoms. The number of carbonyl (C=O) groups is 3. The number of anilines is 1. The maximum absolute atomic E-state index is 13.8. The minimum Gasteiger partial charge on any atom is -0.455 e. The zero-order valence-corrected chi connectivity index (χ0v) is 19.3. The lowest BCUT2D eigenvalue weighted by Gasteiger charge is -2.49. The zero-order chi connectivity index (χ0) is 23.8. The highest BCUT2D eigenvalue weighted by Crippen LogP contribution is 2.40. The number of amides is 3. The van der Waals surface area contributed by atoms with Crippen molar-refractivity contribution < 1.29 is 19.1 Å². The summed E-state index contributed by atoms with van der Waals surface area (Å²) >= 11 is 5.97. The number of hydrogen-bond donors (Lipinski definition) is 2. The molecule has 0 saturated carbocycles. The first-order chi connectivity index (χ1) is 15.7. The van der Waals surface area contributed by atoms with E-state index in [-0.39, 0.29) is 59.9 Å². The SMILES string of the molecule is CNC(=O)c1cc(Cl)ncc1NC(=O)C1(c2ccccc2C(C)C)CN(C2=NC(=O)CO2)C1. The summed E-state index contributed by atoms with van der Waals surface area (Å²) in [6.45, 7) is 4.57. The summed E-state index contributed by atoms with van der Waals surface area (Å²) < 4.78 is 5.37. The maximum atomic E-state index is 13.8. The number of amidine groups is 1. The van der Waals surface area contributed by atoms with Gasteiger partial charge in [0.05, 0.1) is 17.4 Å². The zero-order valence-electron chi connectivity index (χ0n) is 18.5. The molecular formula is C23H24ClN5O4. The molecule has 0 radical (unpaired) electrons. The molecule has 1 saturated heterocycles. The Morgan fingerprint density at radius 2 is 1.97 bits per heavy atom. The van der Waals surface area contributed by atoms with Gasteiger partial charge in [0.25, 0.3) is 17.8 Å². The van der Waals surface area contributed by atoms with E-state index >= 15 is 0 Å². The van der Waals surface area contributed by atoms with Crippen LogP contribution in [0.5, 0.6) is 0 Å². The molecule has 9 nitrogen and oxygen atoms in total. The van der Waals surface area contributed by atoms with Gasteiger partial charge in [-0.25, -0.2) is 4.98 Å². The van der Waals surface area contributed by atoms with Gasteiger partial charge in [-0.1, -0.05) is 49.7 Å². The molecule has 0 atom stereocenters. The predicted octanol–water partition coefficient (Wildman–Crippen LogP) is 2.32. The van der Waals surface area contributed by atoms with Crippen LogP contribution >= 0.6 is 11.6 Å². The van der Waals surface area contributed by atoms with Crippen molar-refractivity contribution in [3.63, 3.8) is 0 Å². The number of pyridine rings is 1. The van der Waals surface area contributed by atoms with E-state index in [4.69, 9.17) is 16.3 Å². The lowest BCUT2D eigenvalue weighted by molar-refractivity contribution is -0.126. The molecule has 0 spiro atoms. The lowest BCUT2D eigenvalue weighted by Crippen LogP contribution is -2.66. The average Bonchev–Trinajstić information content (AvgIpc) is 3.19. The second-order valence-corrected chi connectivity index (χ2v) is 8.73. The van der Waals surface area contributed by atoms with Gasteiger partial charge >= 0.3 is 0 Å².